The molecule has 6 nitrogen and oxygen atoms in total. The highest BCUT2D eigenvalue weighted by molar-refractivity contribution is 5.76. The molecule has 6 heteroatoms. The Bertz CT molecular complexity index is 344. The van der Waals surface area contributed by atoms with E-state index in [1.807, 2.05) is 20.8 Å². The molecule has 0 aromatic carbocycles. The molecule has 1 rings (SSSR count). The number of urea groups is 1. The van der Waals surface area contributed by atoms with E-state index in [0.29, 0.717) is 19.5 Å². The predicted molar refractivity (Wildman–Crippen MR) is 71.0 cm³/mol. The summed E-state index contributed by atoms with van der Waals surface area (Å²) in [6.45, 7) is 8.80. The van der Waals surface area contributed by atoms with Crippen LogP contribution < -0.4 is 5.32 Å². The summed E-state index contributed by atoms with van der Waals surface area (Å²) in [7, 11) is 0. The number of carbonyl (C=O) groups excluding carboxylic acids is 1. The third-order valence-electron chi connectivity index (χ3n) is 3.20. The summed E-state index contributed by atoms with van der Waals surface area (Å²) in [6, 6.07) is -0.220. The summed E-state index contributed by atoms with van der Waals surface area (Å²) in [4.78, 5) is 24.6. The molecule has 19 heavy (non-hydrogen) atoms. The van der Waals surface area contributed by atoms with Gasteiger partial charge >= 0.3 is 12.0 Å². The number of rotatable bonds is 4. The van der Waals surface area contributed by atoms with Crippen molar-refractivity contribution in [3.8, 4) is 0 Å². The van der Waals surface area contributed by atoms with Crippen LogP contribution in [0.4, 0.5) is 4.79 Å². The van der Waals surface area contributed by atoms with Gasteiger partial charge in [0.25, 0.3) is 0 Å². The number of nitrogens with zero attached hydrogens (tertiary/aromatic N) is 1. The molecule has 2 unspecified atom stereocenters. The minimum absolute atomic E-state index is 0.0176. The van der Waals surface area contributed by atoms with Crippen LogP contribution in [0.1, 0.15) is 34.1 Å². The molecule has 0 aliphatic carbocycles. The number of carboxylic acids is 1. The fraction of sp³-hybridized carbons (Fsp3) is 0.846. The van der Waals surface area contributed by atoms with Crippen molar-refractivity contribution in [1.29, 1.82) is 0 Å². The highest BCUT2D eigenvalue weighted by Crippen LogP contribution is 2.20. The molecule has 1 aliphatic heterocycles. The summed E-state index contributed by atoms with van der Waals surface area (Å²) in [5, 5.41) is 11.6. The molecule has 0 radical (unpaired) electrons. The fourth-order valence-corrected chi connectivity index (χ4v) is 2.34. The van der Waals surface area contributed by atoms with Crippen molar-refractivity contribution in [3.05, 3.63) is 0 Å². The molecular weight excluding hydrogens is 248 g/mol. The molecular formula is C13H24N2O4. The molecule has 2 amide bonds. The van der Waals surface area contributed by atoms with Gasteiger partial charge < -0.3 is 20.1 Å². The largest absolute Gasteiger partial charge is 0.481 e. The second-order valence-electron chi connectivity index (χ2n) is 5.70. The molecule has 1 saturated heterocycles. The first-order chi connectivity index (χ1) is 8.75. The standard InChI is InChI=1S/C13H24N2O4/c1-5-10(11(16)17)6-14-12(18)15-7-9(2)19-13(3,4)8-15/h9-10H,5-8H2,1-4H3,(H,14,18)(H,16,17). The van der Waals surface area contributed by atoms with Gasteiger partial charge in [0.1, 0.15) is 0 Å². The van der Waals surface area contributed by atoms with Crippen LogP contribution in [0.25, 0.3) is 0 Å². The number of amides is 2. The Morgan fingerprint density at radius 1 is 1.53 bits per heavy atom. The van der Waals surface area contributed by atoms with E-state index in [9.17, 15) is 9.59 Å². The number of morpholine rings is 1. The van der Waals surface area contributed by atoms with E-state index in [2.05, 4.69) is 5.32 Å². The van der Waals surface area contributed by atoms with Crippen LogP contribution in [-0.2, 0) is 9.53 Å². The van der Waals surface area contributed by atoms with E-state index >= 15 is 0 Å². The maximum absolute atomic E-state index is 12.0. The molecule has 0 aromatic rings. The number of carbonyl (C=O) groups is 2. The minimum Gasteiger partial charge on any atom is -0.481 e. The lowest BCUT2D eigenvalue weighted by atomic mass is 10.1. The maximum Gasteiger partial charge on any atom is 0.317 e. The lowest BCUT2D eigenvalue weighted by molar-refractivity contribution is -0.141. The van der Waals surface area contributed by atoms with Gasteiger partial charge in [-0.15, -0.1) is 0 Å². The SMILES string of the molecule is CCC(CNC(=O)N1CC(C)OC(C)(C)C1)C(=O)O. The average molecular weight is 272 g/mol. The second-order valence-corrected chi connectivity index (χ2v) is 5.70. The highest BCUT2D eigenvalue weighted by atomic mass is 16.5. The van der Waals surface area contributed by atoms with Crippen molar-refractivity contribution in [2.24, 2.45) is 5.92 Å². The summed E-state index contributed by atoms with van der Waals surface area (Å²) in [5.74, 6) is -1.41. The molecule has 110 valence electrons. The number of nitrogens with one attached hydrogen (secondary N) is 1. The van der Waals surface area contributed by atoms with Gasteiger partial charge in [-0.25, -0.2) is 4.79 Å². The van der Waals surface area contributed by atoms with Crippen LogP contribution in [0, 0.1) is 5.92 Å². The van der Waals surface area contributed by atoms with E-state index in [0.717, 1.165) is 0 Å². The van der Waals surface area contributed by atoms with Gasteiger partial charge in [-0.3, -0.25) is 4.79 Å². The zero-order valence-corrected chi connectivity index (χ0v) is 12.1. The van der Waals surface area contributed by atoms with Gasteiger partial charge in [0.05, 0.1) is 24.2 Å². The van der Waals surface area contributed by atoms with Crippen LogP contribution >= 0.6 is 0 Å². The monoisotopic (exact) mass is 272 g/mol. The summed E-state index contributed by atoms with van der Waals surface area (Å²) >= 11 is 0. The van der Waals surface area contributed by atoms with Crippen molar-refractivity contribution in [1.82, 2.24) is 10.2 Å². The molecule has 1 fully saturated rings. The summed E-state index contributed by atoms with van der Waals surface area (Å²) in [5.41, 5.74) is -0.369. The van der Waals surface area contributed by atoms with Gasteiger partial charge in [0.2, 0.25) is 0 Å². The van der Waals surface area contributed by atoms with Crippen molar-refractivity contribution >= 4 is 12.0 Å². The lowest BCUT2D eigenvalue weighted by Gasteiger charge is -2.41. The quantitative estimate of drug-likeness (QED) is 0.808. The van der Waals surface area contributed by atoms with Gasteiger partial charge in [0.15, 0.2) is 0 Å². The summed E-state index contributed by atoms with van der Waals surface area (Å²) < 4.78 is 5.72. The van der Waals surface area contributed by atoms with E-state index < -0.39 is 11.9 Å². The zero-order chi connectivity index (χ0) is 14.6. The highest BCUT2D eigenvalue weighted by Gasteiger charge is 2.33. The number of ether oxygens (including phenoxy) is 1. The van der Waals surface area contributed by atoms with Crippen LogP contribution in [-0.4, -0.2) is 53.3 Å². The molecule has 1 heterocycles. The first kappa shape index (κ1) is 15.8. The number of hydrogen-bond donors (Lipinski definition) is 2. The first-order valence-corrected chi connectivity index (χ1v) is 6.68. The first-order valence-electron chi connectivity index (χ1n) is 6.68. The van der Waals surface area contributed by atoms with Crippen molar-refractivity contribution in [3.63, 3.8) is 0 Å². The average Bonchev–Trinajstić information content (AvgIpc) is 2.26. The molecule has 0 bridgehead atoms. The van der Waals surface area contributed by atoms with Crippen LogP contribution in [0.2, 0.25) is 0 Å². The Morgan fingerprint density at radius 3 is 2.63 bits per heavy atom. The van der Waals surface area contributed by atoms with Crippen LogP contribution in [0.15, 0.2) is 0 Å². The van der Waals surface area contributed by atoms with E-state index in [4.69, 9.17) is 9.84 Å². The number of carboxylic acid groups (broad SMARTS) is 1. The van der Waals surface area contributed by atoms with Crippen molar-refractivity contribution < 1.29 is 19.4 Å². The number of aliphatic carboxylic acids is 1. The van der Waals surface area contributed by atoms with Gasteiger partial charge in [-0.1, -0.05) is 6.92 Å². The smallest absolute Gasteiger partial charge is 0.317 e. The third-order valence-corrected chi connectivity index (χ3v) is 3.20. The van der Waals surface area contributed by atoms with Crippen molar-refractivity contribution in [2.75, 3.05) is 19.6 Å². The number of hydrogen-bond acceptors (Lipinski definition) is 3. The van der Waals surface area contributed by atoms with Gasteiger partial charge in [-0.2, -0.15) is 0 Å². The molecule has 0 spiro atoms. The fourth-order valence-electron chi connectivity index (χ4n) is 2.34. The molecule has 2 N–H and O–H groups in total. The molecule has 1 aliphatic rings. The van der Waals surface area contributed by atoms with Crippen molar-refractivity contribution in [2.45, 2.75) is 45.8 Å². The minimum atomic E-state index is -0.876. The van der Waals surface area contributed by atoms with Crippen LogP contribution in [0.5, 0.6) is 0 Å². The Labute approximate surface area is 114 Å². The lowest BCUT2D eigenvalue weighted by Crippen LogP contribution is -2.56. The van der Waals surface area contributed by atoms with E-state index in [1.165, 1.54) is 0 Å². The van der Waals surface area contributed by atoms with E-state index in [1.54, 1.807) is 11.8 Å². The Balaban J connectivity index is 2.51. The second kappa shape index (κ2) is 6.23. The zero-order valence-electron chi connectivity index (χ0n) is 12.1. The van der Waals surface area contributed by atoms with Crippen LogP contribution in [0.3, 0.4) is 0 Å². The van der Waals surface area contributed by atoms with E-state index in [-0.39, 0.29) is 24.3 Å². The Morgan fingerprint density at radius 2 is 2.16 bits per heavy atom. The van der Waals surface area contributed by atoms with Gasteiger partial charge in [0, 0.05) is 13.1 Å². The third kappa shape index (κ3) is 4.70. The maximum atomic E-state index is 12.0. The summed E-state index contributed by atoms with van der Waals surface area (Å²) in [6.07, 6.45) is 0.483. The normalized spacial score (nSPS) is 23.8. The Kier molecular flexibility index (Phi) is 5.17. The molecule has 0 saturated carbocycles. The molecule has 2 atom stereocenters. The van der Waals surface area contributed by atoms with Gasteiger partial charge in [-0.05, 0) is 27.2 Å². The topological polar surface area (TPSA) is 78.9 Å². The molecule has 0 aromatic heterocycles. The Hall–Kier alpha value is -1.30. The predicted octanol–water partition coefficient (Wildman–Crippen LogP) is 1.31.